The van der Waals surface area contributed by atoms with Crippen LogP contribution < -0.4 is 5.32 Å². The van der Waals surface area contributed by atoms with E-state index in [2.05, 4.69) is 40.6 Å². The van der Waals surface area contributed by atoms with Crippen LogP contribution in [0.3, 0.4) is 0 Å². The Morgan fingerprint density at radius 2 is 1.97 bits per heavy atom. The number of aliphatic hydroxyl groups is 1. The SMILES string of the molecule is C=C(c1nc(NC(C)CCC)ncc1/C(=N\C)OC1CCN(CCOC)CC1)[C@H]1CC[C@H](O)CC1. The van der Waals surface area contributed by atoms with Gasteiger partial charge in [-0.2, -0.15) is 0 Å². The maximum absolute atomic E-state index is 9.99. The lowest BCUT2D eigenvalue weighted by molar-refractivity contribution is 0.0740. The molecular weight excluding hydrogens is 442 g/mol. The molecule has 196 valence electrons. The summed E-state index contributed by atoms with van der Waals surface area (Å²) >= 11 is 0. The van der Waals surface area contributed by atoms with E-state index in [-0.39, 0.29) is 24.2 Å². The Balaban J connectivity index is 1.78. The van der Waals surface area contributed by atoms with Gasteiger partial charge in [0.05, 0.1) is 24.0 Å². The number of ether oxygens (including phenoxy) is 2. The van der Waals surface area contributed by atoms with Crippen LogP contribution in [0.4, 0.5) is 5.95 Å². The second-order valence-corrected chi connectivity index (χ2v) is 10.0. The maximum atomic E-state index is 9.99. The van der Waals surface area contributed by atoms with E-state index in [0.717, 1.165) is 94.4 Å². The van der Waals surface area contributed by atoms with Crippen LogP contribution >= 0.6 is 0 Å². The summed E-state index contributed by atoms with van der Waals surface area (Å²) in [6.45, 7) is 12.5. The monoisotopic (exact) mass is 487 g/mol. The molecule has 0 spiro atoms. The molecule has 2 aliphatic rings. The molecule has 8 heteroatoms. The molecule has 35 heavy (non-hydrogen) atoms. The van der Waals surface area contributed by atoms with Crippen LogP contribution in [0.5, 0.6) is 0 Å². The smallest absolute Gasteiger partial charge is 0.223 e. The Hall–Kier alpha value is -2.03. The van der Waals surface area contributed by atoms with Gasteiger partial charge in [0, 0.05) is 46.0 Å². The van der Waals surface area contributed by atoms with E-state index in [1.807, 2.05) is 6.20 Å². The molecule has 1 unspecified atom stereocenters. The average molecular weight is 488 g/mol. The molecule has 0 radical (unpaired) electrons. The van der Waals surface area contributed by atoms with E-state index in [1.54, 1.807) is 14.2 Å². The third-order valence-corrected chi connectivity index (χ3v) is 7.24. The molecule has 2 heterocycles. The molecule has 1 aromatic rings. The average Bonchev–Trinajstić information content (AvgIpc) is 2.87. The molecule has 0 bridgehead atoms. The fourth-order valence-corrected chi connectivity index (χ4v) is 5.06. The largest absolute Gasteiger partial charge is 0.474 e. The number of nitrogens with zero attached hydrogens (tertiary/aromatic N) is 4. The zero-order valence-electron chi connectivity index (χ0n) is 22.1. The number of allylic oxidation sites excluding steroid dienone is 1. The number of nitrogens with one attached hydrogen (secondary N) is 1. The summed E-state index contributed by atoms with van der Waals surface area (Å²) in [5.74, 6) is 1.49. The van der Waals surface area contributed by atoms with E-state index >= 15 is 0 Å². The first-order chi connectivity index (χ1) is 16.9. The minimum atomic E-state index is -0.207. The normalized spacial score (nSPS) is 23.2. The standard InChI is InChI=1S/C27H45N5O3/c1-6-7-19(2)30-27-29-18-24(25(31-27)20(3)21-8-10-22(33)11-9-21)26(28-4)35-23-12-14-32(15-13-23)16-17-34-5/h18-19,21-23,33H,3,6-17H2,1-2,4-5H3,(H,29,30,31)/b28-26+/t19?,21-,22-. The summed E-state index contributed by atoms with van der Waals surface area (Å²) in [7, 11) is 3.51. The predicted molar refractivity (Wildman–Crippen MR) is 142 cm³/mol. The fraction of sp³-hybridized carbons (Fsp3) is 0.741. The van der Waals surface area contributed by atoms with Crippen molar-refractivity contribution in [2.75, 3.05) is 45.7 Å². The van der Waals surface area contributed by atoms with Gasteiger partial charge in [0.1, 0.15) is 6.10 Å². The van der Waals surface area contributed by atoms with Gasteiger partial charge in [-0.1, -0.05) is 19.9 Å². The van der Waals surface area contributed by atoms with Crippen molar-refractivity contribution in [2.45, 2.75) is 83.5 Å². The summed E-state index contributed by atoms with van der Waals surface area (Å²) in [6, 6.07) is 0.288. The Morgan fingerprint density at radius 1 is 1.26 bits per heavy atom. The second kappa shape index (κ2) is 13.9. The highest BCUT2D eigenvalue weighted by Gasteiger charge is 2.28. The van der Waals surface area contributed by atoms with E-state index in [1.165, 1.54) is 0 Å². The zero-order chi connectivity index (χ0) is 25.2. The predicted octanol–water partition coefficient (Wildman–Crippen LogP) is 4.15. The molecule has 1 aromatic heterocycles. The van der Waals surface area contributed by atoms with Gasteiger partial charge >= 0.3 is 0 Å². The molecular formula is C27H45N5O3. The highest BCUT2D eigenvalue weighted by Crippen LogP contribution is 2.35. The summed E-state index contributed by atoms with van der Waals surface area (Å²) in [4.78, 5) is 16.5. The minimum Gasteiger partial charge on any atom is -0.474 e. The van der Waals surface area contributed by atoms with Crippen molar-refractivity contribution in [2.24, 2.45) is 10.9 Å². The Labute approximate surface area is 211 Å². The number of piperidine rings is 1. The molecule has 1 aliphatic heterocycles. The van der Waals surface area contributed by atoms with E-state index < -0.39 is 0 Å². The molecule has 0 aromatic carbocycles. The summed E-state index contributed by atoms with van der Waals surface area (Å²) in [5.41, 5.74) is 2.60. The van der Waals surface area contributed by atoms with E-state index in [9.17, 15) is 5.11 Å². The zero-order valence-corrected chi connectivity index (χ0v) is 22.1. The molecule has 1 saturated heterocycles. The van der Waals surface area contributed by atoms with Gasteiger partial charge in [-0.3, -0.25) is 4.99 Å². The second-order valence-electron chi connectivity index (χ2n) is 10.0. The van der Waals surface area contributed by atoms with Crippen molar-refractivity contribution >= 4 is 17.4 Å². The summed E-state index contributed by atoms with van der Waals surface area (Å²) in [5, 5.41) is 13.4. The topological polar surface area (TPSA) is 92.1 Å². The lowest BCUT2D eigenvalue weighted by Crippen LogP contribution is -2.39. The van der Waals surface area contributed by atoms with Crippen LogP contribution in [0.1, 0.15) is 76.5 Å². The molecule has 8 nitrogen and oxygen atoms in total. The van der Waals surface area contributed by atoms with Gasteiger partial charge in [0.15, 0.2) is 0 Å². The first kappa shape index (κ1) is 27.6. The summed E-state index contributed by atoms with van der Waals surface area (Å²) in [6.07, 6.45) is 9.23. The fourth-order valence-electron chi connectivity index (χ4n) is 5.06. The lowest BCUT2D eigenvalue weighted by Gasteiger charge is -2.32. The number of methoxy groups -OCH3 is 1. The van der Waals surface area contributed by atoms with Gasteiger partial charge in [-0.05, 0) is 63.4 Å². The highest BCUT2D eigenvalue weighted by atomic mass is 16.5. The number of aliphatic imine (C=N–C) groups is 1. The molecule has 3 rings (SSSR count). The van der Waals surface area contributed by atoms with Gasteiger partial charge < -0.3 is 24.8 Å². The number of aliphatic hydroxyl groups excluding tert-OH is 1. The highest BCUT2D eigenvalue weighted by molar-refractivity contribution is 5.98. The quantitative estimate of drug-likeness (QED) is 0.358. The number of rotatable bonds is 11. The summed E-state index contributed by atoms with van der Waals surface area (Å²) < 4.78 is 11.7. The van der Waals surface area contributed by atoms with Crippen LogP contribution in [0.15, 0.2) is 17.8 Å². The van der Waals surface area contributed by atoms with Gasteiger partial charge in [0.25, 0.3) is 0 Å². The van der Waals surface area contributed by atoms with Crippen molar-refractivity contribution < 1.29 is 14.6 Å². The van der Waals surface area contributed by atoms with Crippen LogP contribution in [0.2, 0.25) is 0 Å². The van der Waals surface area contributed by atoms with E-state index in [4.69, 9.17) is 14.5 Å². The van der Waals surface area contributed by atoms with Crippen LogP contribution in [0.25, 0.3) is 5.57 Å². The van der Waals surface area contributed by atoms with Crippen molar-refractivity contribution in [1.29, 1.82) is 0 Å². The minimum absolute atomic E-state index is 0.112. The molecule has 0 amide bonds. The lowest BCUT2D eigenvalue weighted by atomic mass is 9.81. The Kier molecular flexibility index (Phi) is 10.9. The molecule has 1 aliphatic carbocycles. The molecule has 2 fully saturated rings. The van der Waals surface area contributed by atoms with Crippen molar-refractivity contribution in [3.05, 3.63) is 24.0 Å². The van der Waals surface area contributed by atoms with Gasteiger partial charge in [-0.15, -0.1) is 0 Å². The van der Waals surface area contributed by atoms with E-state index in [0.29, 0.717) is 11.8 Å². The number of aromatic nitrogens is 2. The van der Waals surface area contributed by atoms with Crippen LogP contribution in [-0.4, -0.2) is 84.5 Å². The number of hydrogen-bond donors (Lipinski definition) is 2. The molecule has 2 N–H and O–H groups in total. The van der Waals surface area contributed by atoms with Crippen molar-refractivity contribution in [1.82, 2.24) is 14.9 Å². The van der Waals surface area contributed by atoms with Crippen LogP contribution in [-0.2, 0) is 9.47 Å². The van der Waals surface area contributed by atoms with Crippen LogP contribution in [0, 0.1) is 5.92 Å². The van der Waals surface area contributed by atoms with Gasteiger partial charge in [-0.25, -0.2) is 9.97 Å². The first-order valence-electron chi connectivity index (χ1n) is 13.3. The molecule has 1 atom stereocenters. The molecule has 1 saturated carbocycles. The number of likely N-dealkylation sites (tertiary alicyclic amines) is 1. The third kappa shape index (κ3) is 7.98. The number of hydrogen-bond acceptors (Lipinski definition) is 8. The first-order valence-corrected chi connectivity index (χ1v) is 13.3. The maximum Gasteiger partial charge on any atom is 0.223 e. The Bertz CT molecular complexity index is 830. The van der Waals surface area contributed by atoms with Crippen molar-refractivity contribution in [3.8, 4) is 0 Å². The van der Waals surface area contributed by atoms with Gasteiger partial charge in [0.2, 0.25) is 11.8 Å². The number of anilines is 1. The Morgan fingerprint density at radius 3 is 2.60 bits per heavy atom. The third-order valence-electron chi connectivity index (χ3n) is 7.24. The van der Waals surface area contributed by atoms with Crippen molar-refractivity contribution in [3.63, 3.8) is 0 Å².